The maximum Gasteiger partial charge on any atom is 0.191 e. The van der Waals surface area contributed by atoms with E-state index in [9.17, 15) is 0 Å². The molecular formula is C26H37IN4O2. The maximum absolute atomic E-state index is 5.43. The molecule has 4 rings (SSSR count). The van der Waals surface area contributed by atoms with Crippen molar-refractivity contribution in [1.82, 2.24) is 10.6 Å². The fourth-order valence-electron chi connectivity index (χ4n) is 4.76. The van der Waals surface area contributed by atoms with E-state index in [1.165, 1.54) is 24.0 Å². The number of halogens is 1. The summed E-state index contributed by atoms with van der Waals surface area (Å²) in [4.78, 5) is 6.90. The van der Waals surface area contributed by atoms with Gasteiger partial charge in [-0.05, 0) is 43.7 Å². The quantitative estimate of drug-likeness (QED) is 0.295. The van der Waals surface area contributed by atoms with Crippen molar-refractivity contribution in [2.24, 2.45) is 4.99 Å². The lowest BCUT2D eigenvalue weighted by Crippen LogP contribution is -2.50. The largest absolute Gasteiger partial charge is 0.497 e. The highest BCUT2D eigenvalue weighted by Crippen LogP contribution is 2.48. The van der Waals surface area contributed by atoms with E-state index in [1.807, 2.05) is 13.1 Å². The zero-order valence-electron chi connectivity index (χ0n) is 20.2. The first kappa shape index (κ1) is 25.5. The molecule has 0 aromatic heterocycles. The van der Waals surface area contributed by atoms with Crippen molar-refractivity contribution in [3.05, 3.63) is 53.6 Å². The van der Waals surface area contributed by atoms with Gasteiger partial charge in [0.25, 0.3) is 0 Å². The SMILES string of the molecule is CN=C(NCC1(c2ccccc2C)CC1)NC1CCN(c2cc(OC)cc(OC)c2)CC1.I. The van der Waals surface area contributed by atoms with Crippen LogP contribution in [0.1, 0.15) is 36.8 Å². The average Bonchev–Trinajstić information content (AvgIpc) is 3.62. The molecule has 0 spiro atoms. The number of nitrogens with one attached hydrogen (secondary N) is 2. The Morgan fingerprint density at radius 2 is 1.70 bits per heavy atom. The zero-order chi connectivity index (χ0) is 22.6. The van der Waals surface area contributed by atoms with Crippen molar-refractivity contribution in [3.63, 3.8) is 0 Å². The molecule has 0 bridgehead atoms. The summed E-state index contributed by atoms with van der Waals surface area (Å²) in [5.41, 5.74) is 4.27. The number of piperidine rings is 1. The molecular weight excluding hydrogens is 527 g/mol. The molecule has 1 aliphatic heterocycles. The minimum Gasteiger partial charge on any atom is -0.497 e. The van der Waals surface area contributed by atoms with Crippen LogP contribution in [0.15, 0.2) is 47.5 Å². The van der Waals surface area contributed by atoms with Gasteiger partial charge in [0, 0.05) is 62.0 Å². The smallest absolute Gasteiger partial charge is 0.191 e. The van der Waals surface area contributed by atoms with Crippen LogP contribution in [0.5, 0.6) is 11.5 Å². The number of hydrogen-bond acceptors (Lipinski definition) is 4. The molecule has 1 saturated heterocycles. The number of rotatable bonds is 7. The Morgan fingerprint density at radius 1 is 1.06 bits per heavy atom. The van der Waals surface area contributed by atoms with Gasteiger partial charge < -0.3 is 25.0 Å². The molecule has 0 amide bonds. The van der Waals surface area contributed by atoms with Crippen LogP contribution in [0.25, 0.3) is 0 Å². The van der Waals surface area contributed by atoms with Crippen LogP contribution in [-0.4, -0.2) is 52.9 Å². The van der Waals surface area contributed by atoms with E-state index in [-0.39, 0.29) is 29.4 Å². The Bertz CT molecular complexity index is 931. The molecule has 6 nitrogen and oxygen atoms in total. The molecule has 7 heteroatoms. The van der Waals surface area contributed by atoms with Crippen molar-refractivity contribution in [3.8, 4) is 11.5 Å². The van der Waals surface area contributed by atoms with Crippen molar-refractivity contribution in [2.45, 2.75) is 44.1 Å². The van der Waals surface area contributed by atoms with E-state index in [2.05, 4.69) is 63.8 Å². The summed E-state index contributed by atoms with van der Waals surface area (Å²) in [7, 11) is 5.25. The number of methoxy groups -OCH3 is 2. The summed E-state index contributed by atoms with van der Waals surface area (Å²) in [5, 5.41) is 7.26. The summed E-state index contributed by atoms with van der Waals surface area (Å²) in [6, 6.07) is 15.3. The van der Waals surface area contributed by atoms with Gasteiger partial charge in [-0.25, -0.2) is 0 Å². The van der Waals surface area contributed by atoms with Gasteiger partial charge in [0.1, 0.15) is 11.5 Å². The lowest BCUT2D eigenvalue weighted by Gasteiger charge is -2.35. The number of hydrogen-bond donors (Lipinski definition) is 2. The van der Waals surface area contributed by atoms with Gasteiger partial charge in [-0.2, -0.15) is 0 Å². The van der Waals surface area contributed by atoms with Gasteiger partial charge in [0.05, 0.1) is 14.2 Å². The molecule has 0 radical (unpaired) electrons. The summed E-state index contributed by atoms with van der Waals surface area (Å²) >= 11 is 0. The Hall–Kier alpha value is -2.16. The number of ether oxygens (including phenoxy) is 2. The highest BCUT2D eigenvalue weighted by molar-refractivity contribution is 14.0. The third-order valence-corrected chi connectivity index (χ3v) is 6.92. The first-order valence-electron chi connectivity index (χ1n) is 11.6. The van der Waals surface area contributed by atoms with Crippen LogP contribution < -0.4 is 25.0 Å². The molecule has 0 unspecified atom stereocenters. The number of guanidine groups is 1. The lowest BCUT2D eigenvalue weighted by molar-refractivity contribution is 0.393. The van der Waals surface area contributed by atoms with Crippen molar-refractivity contribution in [2.75, 3.05) is 45.8 Å². The number of anilines is 1. The standard InChI is InChI=1S/C26H36N4O2.HI/c1-19-7-5-6-8-24(19)26(11-12-26)18-28-25(27-2)29-20-9-13-30(14-10-20)21-15-22(31-3)17-23(16-21)32-4;/h5-8,15-17,20H,9-14,18H2,1-4H3,(H2,27,28,29);1H. The predicted molar refractivity (Wildman–Crippen MR) is 147 cm³/mol. The fraction of sp³-hybridized carbons (Fsp3) is 0.500. The van der Waals surface area contributed by atoms with E-state index in [0.717, 1.165) is 55.6 Å². The topological polar surface area (TPSA) is 58.1 Å². The Kier molecular flexibility index (Phi) is 8.73. The van der Waals surface area contributed by atoms with Gasteiger partial charge in [0.15, 0.2) is 5.96 Å². The highest BCUT2D eigenvalue weighted by atomic mass is 127. The van der Waals surface area contributed by atoms with E-state index < -0.39 is 0 Å². The second-order valence-corrected chi connectivity index (χ2v) is 9.00. The molecule has 1 aliphatic carbocycles. The maximum atomic E-state index is 5.43. The second kappa shape index (κ2) is 11.3. The van der Waals surface area contributed by atoms with Gasteiger partial charge in [-0.1, -0.05) is 24.3 Å². The minimum absolute atomic E-state index is 0. The lowest BCUT2D eigenvalue weighted by atomic mass is 9.92. The molecule has 180 valence electrons. The Morgan fingerprint density at radius 3 is 2.24 bits per heavy atom. The number of nitrogens with zero attached hydrogens (tertiary/aromatic N) is 2. The van der Waals surface area contributed by atoms with Crippen molar-refractivity contribution >= 4 is 35.6 Å². The Labute approximate surface area is 215 Å². The van der Waals surface area contributed by atoms with Crippen LogP contribution in [0.4, 0.5) is 5.69 Å². The van der Waals surface area contributed by atoms with Crippen LogP contribution >= 0.6 is 24.0 Å². The Balaban J connectivity index is 0.00000306. The third kappa shape index (κ3) is 6.05. The first-order valence-corrected chi connectivity index (χ1v) is 11.6. The minimum atomic E-state index is 0. The number of aryl methyl sites for hydroxylation is 1. The van der Waals surface area contributed by atoms with Crippen molar-refractivity contribution < 1.29 is 9.47 Å². The summed E-state index contributed by atoms with van der Waals surface area (Å²) in [5.74, 6) is 2.56. The van der Waals surface area contributed by atoms with Crippen LogP contribution in [0, 0.1) is 6.92 Å². The normalized spacial score (nSPS) is 17.7. The summed E-state index contributed by atoms with van der Waals surface area (Å²) < 4.78 is 10.9. The van der Waals surface area contributed by atoms with Gasteiger partial charge in [-0.15, -0.1) is 24.0 Å². The number of aliphatic imine (C=N–C) groups is 1. The molecule has 2 aromatic rings. The molecule has 2 N–H and O–H groups in total. The third-order valence-electron chi connectivity index (χ3n) is 6.92. The second-order valence-electron chi connectivity index (χ2n) is 9.00. The summed E-state index contributed by atoms with van der Waals surface area (Å²) in [6.07, 6.45) is 4.60. The van der Waals surface area contributed by atoms with Gasteiger partial charge in [0.2, 0.25) is 0 Å². The molecule has 1 heterocycles. The first-order chi connectivity index (χ1) is 15.6. The van der Waals surface area contributed by atoms with Crippen LogP contribution in [-0.2, 0) is 5.41 Å². The highest BCUT2D eigenvalue weighted by Gasteiger charge is 2.45. The molecule has 2 fully saturated rings. The molecule has 0 atom stereocenters. The molecule has 2 aliphatic rings. The zero-order valence-corrected chi connectivity index (χ0v) is 22.5. The van der Waals surface area contributed by atoms with Gasteiger partial charge in [-0.3, -0.25) is 4.99 Å². The van der Waals surface area contributed by atoms with E-state index in [0.29, 0.717) is 6.04 Å². The van der Waals surface area contributed by atoms with Crippen LogP contribution in [0.2, 0.25) is 0 Å². The average molecular weight is 565 g/mol. The number of benzene rings is 2. The fourth-order valence-corrected chi connectivity index (χ4v) is 4.76. The molecule has 33 heavy (non-hydrogen) atoms. The monoisotopic (exact) mass is 564 g/mol. The van der Waals surface area contributed by atoms with E-state index in [4.69, 9.17) is 9.47 Å². The summed E-state index contributed by atoms with van der Waals surface area (Å²) in [6.45, 7) is 5.12. The molecule has 1 saturated carbocycles. The van der Waals surface area contributed by atoms with Crippen molar-refractivity contribution in [1.29, 1.82) is 0 Å². The van der Waals surface area contributed by atoms with Crippen LogP contribution in [0.3, 0.4) is 0 Å². The van der Waals surface area contributed by atoms with Gasteiger partial charge >= 0.3 is 0 Å². The predicted octanol–water partition coefficient (Wildman–Crippen LogP) is 4.50. The van der Waals surface area contributed by atoms with E-state index >= 15 is 0 Å². The van der Waals surface area contributed by atoms with E-state index in [1.54, 1.807) is 14.2 Å². The molecule has 2 aromatic carbocycles.